The van der Waals surface area contributed by atoms with Crippen molar-refractivity contribution < 1.29 is 57.5 Å². The molecule has 0 heterocycles. The maximum absolute atomic E-state index is 11.5. The first kappa shape index (κ1) is 20.1. The number of aliphatic imine (C=N–C) groups is 1. The molecule has 9 heteroatoms. The molecule has 0 spiro atoms. The van der Waals surface area contributed by atoms with Gasteiger partial charge in [-0.25, -0.2) is 4.79 Å². The fraction of sp³-hybridized carbons (Fsp3) is 0.333. The quantitative estimate of drug-likeness (QED) is 0.351. The van der Waals surface area contributed by atoms with Crippen molar-refractivity contribution in [2.75, 3.05) is 0 Å². The van der Waals surface area contributed by atoms with Crippen molar-refractivity contribution in [1.82, 2.24) is 0 Å². The number of hydrogen-bond donors (Lipinski definition) is 2. The number of carboxylic acid groups (broad SMARTS) is 1. The number of nitrogens with zero attached hydrogens (tertiary/aromatic N) is 1. The second-order valence-electron chi connectivity index (χ2n) is 4.48. The molecule has 1 aromatic rings. The zero-order valence-corrected chi connectivity index (χ0v) is 14.7. The third kappa shape index (κ3) is 5.76. The van der Waals surface area contributed by atoms with Gasteiger partial charge in [0.05, 0.1) is 4.90 Å². The Kier molecular flexibility index (Phi) is 7.55. The summed E-state index contributed by atoms with van der Waals surface area (Å²) in [7, 11) is -4.43. The summed E-state index contributed by atoms with van der Waals surface area (Å²) in [5, 5.41) is 20.5. The van der Waals surface area contributed by atoms with E-state index >= 15 is 0 Å². The predicted molar refractivity (Wildman–Crippen MR) is 69.6 cm³/mol. The summed E-state index contributed by atoms with van der Waals surface area (Å²) in [5.41, 5.74) is -0.105. The summed E-state index contributed by atoms with van der Waals surface area (Å²) in [6, 6.07) is 1.84. The SMILES string of the molecule is CC(C)[C@H](N=Cc1cc(S(=O)(=O)O)ccc1[O-])C(=O)O.[Na+]. The number of hydrogen-bond acceptors (Lipinski definition) is 5. The smallest absolute Gasteiger partial charge is 0.872 e. The average molecular weight is 323 g/mol. The molecule has 0 aliphatic carbocycles. The van der Waals surface area contributed by atoms with Crippen molar-refractivity contribution in [3.05, 3.63) is 23.8 Å². The molecule has 110 valence electrons. The average Bonchev–Trinajstić information content (AvgIpc) is 2.29. The molecular weight excluding hydrogens is 309 g/mol. The van der Waals surface area contributed by atoms with Crippen molar-refractivity contribution >= 4 is 22.3 Å². The minimum absolute atomic E-state index is 0. The van der Waals surface area contributed by atoms with Crippen LogP contribution in [0.25, 0.3) is 0 Å². The number of rotatable bonds is 5. The molecule has 1 aromatic carbocycles. The molecule has 1 rings (SSSR count). The Bertz CT molecular complexity index is 641. The van der Waals surface area contributed by atoms with Crippen LogP contribution in [0.15, 0.2) is 28.1 Å². The van der Waals surface area contributed by atoms with E-state index < -0.39 is 32.8 Å². The molecule has 21 heavy (non-hydrogen) atoms. The molecule has 0 radical (unpaired) electrons. The first-order valence-corrected chi connectivity index (χ1v) is 7.11. The van der Waals surface area contributed by atoms with Gasteiger partial charge in [0, 0.05) is 6.21 Å². The van der Waals surface area contributed by atoms with E-state index in [4.69, 9.17) is 9.66 Å². The van der Waals surface area contributed by atoms with Crippen molar-refractivity contribution in [2.24, 2.45) is 10.9 Å². The molecule has 7 nitrogen and oxygen atoms in total. The molecule has 0 saturated heterocycles. The van der Waals surface area contributed by atoms with Gasteiger partial charge in [-0.05, 0) is 23.6 Å². The van der Waals surface area contributed by atoms with Gasteiger partial charge in [0.1, 0.15) is 6.04 Å². The van der Waals surface area contributed by atoms with E-state index in [9.17, 15) is 18.3 Å². The number of carboxylic acids is 1. The van der Waals surface area contributed by atoms with Crippen LogP contribution in [0.3, 0.4) is 0 Å². The largest absolute Gasteiger partial charge is 1.00 e. The van der Waals surface area contributed by atoms with E-state index in [0.717, 1.165) is 24.4 Å². The molecule has 0 amide bonds. The second kappa shape index (κ2) is 7.90. The van der Waals surface area contributed by atoms with Crippen LogP contribution in [-0.2, 0) is 14.9 Å². The Labute approximate surface area is 144 Å². The molecular formula is C12H14NNaO6S. The molecule has 0 aromatic heterocycles. The molecule has 0 aliphatic heterocycles. The molecule has 0 fully saturated rings. The van der Waals surface area contributed by atoms with E-state index in [0.29, 0.717) is 0 Å². The van der Waals surface area contributed by atoms with E-state index in [1.807, 2.05) is 0 Å². The van der Waals surface area contributed by atoms with Crippen molar-refractivity contribution in [2.45, 2.75) is 24.8 Å². The number of carbonyl (C=O) groups is 1. The molecule has 0 saturated carbocycles. The summed E-state index contributed by atoms with van der Waals surface area (Å²) in [6.07, 6.45) is 1.01. The van der Waals surface area contributed by atoms with Gasteiger partial charge in [-0.2, -0.15) is 8.42 Å². The van der Waals surface area contributed by atoms with E-state index in [2.05, 4.69) is 4.99 Å². The van der Waals surface area contributed by atoms with Gasteiger partial charge in [0.25, 0.3) is 10.1 Å². The molecule has 2 N–H and O–H groups in total. The van der Waals surface area contributed by atoms with E-state index in [1.165, 1.54) is 0 Å². The maximum Gasteiger partial charge on any atom is 1.00 e. The Morgan fingerprint density at radius 1 is 1.38 bits per heavy atom. The van der Waals surface area contributed by atoms with Crippen LogP contribution in [-0.4, -0.2) is 36.3 Å². The molecule has 1 atom stereocenters. The zero-order chi connectivity index (χ0) is 15.5. The van der Waals surface area contributed by atoms with E-state index in [1.54, 1.807) is 13.8 Å². The van der Waals surface area contributed by atoms with Gasteiger partial charge in [-0.3, -0.25) is 9.55 Å². The Balaban J connectivity index is 0.00000400. The molecule has 0 unspecified atom stereocenters. The zero-order valence-electron chi connectivity index (χ0n) is 11.8. The standard InChI is InChI=1S/C12H15NO6S.Na/c1-7(2)11(12(15)16)13-6-8-5-9(20(17,18)19)3-4-10(8)14;/h3-7,11,14H,1-2H3,(H,15,16)(H,17,18,19);/q;+1/p-1/t11-;/m0./s1. The van der Waals surface area contributed by atoms with Crippen LogP contribution in [0.1, 0.15) is 19.4 Å². The number of benzene rings is 1. The van der Waals surface area contributed by atoms with Crippen molar-refractivity contribution in [1.29, 1.82) is 0 Å². The van der Waals surface area contributed by atoms with Crippen LogP contribution in [0.5, 0.6) is 5.75 Å². The summed E-state index contributed by atoms with van der Waals surface area (Å²) >= 11 is 0. The summed E-state index contributed by atoms with van der Waals surface area (Å²) in [6.45, 7) is 3.31. The fourth-order valence-corrected chi connectivity index (χ4v) is 1.99. The van der Waals surface area contributed by atoms with E-state index in [-0.39, 0.29) is 41.0 Å². The third-order valence-electron chi connectivity index (χ3n) is 2.54. The van der Waals surface area contributed by atoms with Crippen LogP contribution in [0.4, 0.5) is 0 Å². The summed E-state index contributed by atoms with van der Waals surface area (Å²) < 4.78 is 30.8. The normalized spacial score (nSPS) is 13.1. The molecule has 0 aliphatic rings. The first-order valence-electron chi connectivity index (χ1n) is 5.67. The van der Waals surface area contributed by atoms with Crippen molar-refractivity contribution in [3.63, 3.8) is 0 Å². The monoisotopic (exact) mass is 323 g/mol. The van der Waals surface area contributed by atoms with Gasteiger partial charge in [-0.15, -0.1) is 0 Å². The van der Waals surface area contributed by atoms with Gasteiger partial charge in [0.2, 0.25) is 0 Å². The maximum atomic E-state index is 11.5. The van der Waals surface area contributed by atoms with Crippen LogP contribution in [0.2, 0.25) is 0 Å². The summed E-state index contributed by atoms with van der Waals surface area (Å²) in [5.74, 6) is -1.95. The van der Waals surface area contributed by atoms with Gasteiger partial charge >= 0.3 is 35.5 Å². The summed E-state index contributed by atoms with van der Waals surface area (Å²) in [4.78, 5) is 14.3. The first-order chi connectivity index (χ1) is 9.12. The number of aliphatic carboxylic acids is 1. The van der Waals surface area contributed by atoms with Gasteiger partial charge < -0.3 is 10.2 Å². The Morgan fingerprint density at radius 2 is 1.95 bits per heavy atom. The van der Waals surface area contributed by atoms with Crippen LogP contribution in [0, 0.1) is 5.92 Å². The molecule has 0 bridgehead atoms. The second-order valence-corrected chi connectivity index (χ2v) is 5.90. The topological polar surface area (TPSA) is 127 Å². The fourth-order valence-electron chi connectivity index (χ4n) is 1.47. The van der Waals surface area contributed by atoms with Crippen molar-refractivity contribution in [3.8, 4) is 5.75 Å². The minimum Gasteiger partial charge on any atom is -0.872 e. The minimum atomic E-state index is -4.43. The van der Waals surface area contributed by atoms with Crippen LogP contribution >= 0.6 is 0 Å². The van der Waals surface area contributed by atoms with Gasteiger partial charge in [-0.1, -0.05) is 25.7 Å². The Hall–Kier alpha value is -0.930. The Morgan fingerprint density at radius 3 is 2.38 bits per heavy atom. The predicted octanol–water partition coefficient (Wildman–Crippen LogP) is -2.46. The third-order valence-corrected chi connectivity index (χ3v) is 3.39. The van der Waals surface area contributed by atoms with Crippen LogP contribution < -0.4 is 34.7 Å². The van der Waals surface area contributed by atoms with Gasteiger partial charge in [0.15, 0.2) is 0 Å².